The zero-order valence-corrected chi connectivity index (χ0v) is 15.6. The van der Waals surface area contributed by atoms with Gasteiger partial charge in [-0.15, -0.1) is 11.3 Å². The summed E-state index contributed by atoms with van der Waals surface area (Å²) in [5.74, 6) is -2.58. The van der Waals surface area contributed by atoms with E-state index in [-0.39, 0.29) is 16.0 Å². The summed E-state index contributed by atoms with van der Waals surface area (Å²) < 4.78 is 0. The average molecular weight is 395 g/mol. The quantitative estimate of drug-likeness (QED) is 0.751. The Bertz CT molecular complexity index is 869. The molecule has 0 saturated heterocycles. The number of amides is 3. The van der Waals surface area contributed by atoms with Gasteiger partial charge < -0.3 is 10.2 Å². The van der Waals surface area contributed by atoms with Gasteiger partial charge in [-0.3, -0.25) is 19.3 Å². The predicted molar refractivity (Wildman–Crippen MR) is 94.9 cm³/mol. The largest absolute Gasteiger partial charge is 0.318 e. The first-order chi connectivity index (χ1) is 12.3. The molecule has 1 aliphatic rings. The summed E-state index contributed by atoms with van der Waals surface area (Å²) in [6, 6.07) is 0. The van der Waals surface area contributed by atoms with Crippen LogP contribution in [0.15, 0.2) is 12.4 Å². The fourth-order valence-electron chi connectivity index (χ4n) is 2.35. The van der Waals surface area contributed by atoms with Crippen molar-refractivity contribution in [1.82, 2.24) is 24.8 Å². The van der Waals surface area contributed by atoms with Crippen LogP contribution in [0.1, 0.15) is 20.4 Å². The lowest BCUT2D eigenvalue weighted by molar-refractivity contribution is -0.140. The summed E-state index contributed by atoms with van der Waals surface area (Å²) in [6.45, 7) is 1.58. The van der Waals surface area contributed by atoms with Gasteiger partial charge in [-0.1, -0.05) is 11.6 Å². The van der Waals surface area contributed by atoms with Crippen molar-refractivity contribution in [3.05, 3.63) is 33.1 Å². The van der Waals surface area contributed by atoms with E-state index in [9.17, 15) is 14.4 Å². The summed E-state index contributed by atoms with van der Waals surface area (Å²) in [6.07, 6.45) is 3.19. The second kappa shape index (κ2) is 7.44. The molecule has 0 bridgehead atoms. The molecule has 0 aromatic carbocycles. The van der Waals surface area contributed by atoms with Crippen molar-refractivity contribution in [2.45, 2.75) is 13.0 Å². The molecule has 26 heavy (non-hydrogen) atoms. The van der Waals surface area contributed by atoms with E-state index in [1.54, 1.807) is 0 Å². The molecule has 1 N–H and O–H groups in total. The molecular formula is C15H15ClN6O3S. The zero-order valence-electron chi connectivity index (χ0n) is 14.0. The maximum absolute atomic E-state index is 12.5. The van der Waals surface area contributed by atoms with E-state index in [0.717, 1.165) is 28.4 Å². The number of imide groups is 1. The average Bonchev–Trinajstić information content (AvgIpc) is 3.04. The third-order valence-corrected chi connectivity index (χ3v) is 5.04. The Kier molecular flexibility index (Phi) is 5.25. The van der Waals surface area contributed by atoms with Gasteiger partial charge in [0.2, 0.25) is 0 Å². The number of carbonyl (C=O) groups excluding carboxylic acids is 3. The molecule has 11 heteroatoms. The summed E-state index contributed by atoms with van der Waals surface area (Å²) in [4.78, 5) is 52.5. The first-order valence-corrected chi connectivity index (χ1v) is 8.82. The molecule has 0 saturated carbocycles. The van der Waals surface area contributed by atoms with Crippen LogP contribution < -0.4 is 5.32 Å². The van der Waals surface area contributed by atoms with Gasteiger partial charge in [-0.2, -0.15) is 0 Å². The van der Waals surface area contributed by atoms with E-state index in [0.29, 0.717) is 6.54 Å². The Morgan fingerprint density at radius 3 is 2.77 bits per heavy atom. The van der Waals surface area contributed by atoms with Gasteiger partial charge in [0.25, 0.3) is 5.91 Å². The number of nitrogens with zero attached hydrogens (tertiary/aromatic N) is 5. The number of likely N-dealkylation sites (N-methyl/N-ethyl adjacent to an activating group) is 2. The van der Waals surface area contributed by atoms with Crippen molar-refractivity contribution in [3.8, 4) is 0 Å². The Labute approximate surface area is 158 Å². The van der Waals surface area contributed by atoms with Crippen LogP contribution >= 0.6 is 22.9 Å². The smallest absolute Gasteiger partial charge is 0.301 e. The summed E-state index contributed by atoms with van der Waals surface area (Å²) in [5, 5.41) is 2.62. The highest BCUT2D eigenvalue weighted by atomic mass is 35.5. The standard InChI is InChI=1S/C15H15ClN6O3S/c1-21-4-3-8-9(7-21)26-13(19-8)15(25)22(2)14(24)12(23)20-11-6-17-10(16)5-18-11/h5-6H,3-4,7H2,1-2H3,(H,18,20,23). The molecule has 2 aromatic heterocycles. The highest BCUT2D eigenvalue weighted by molar-refractivity contribution is 7.13. The second-order valence-corrected chi connectivity index (χ2v) is 7.20. The monoisotopic (exact) mass is 394 g/mol. The fourth-order valence-corrected chi connectivity index (χ4v) is 3.61. The van der Waals surface area contributed by atoms with Crippen molar-refractivity contribution < 1.29 is 14.4 Å². The number of rotatable bonds is 2. The van der Waals surface area contributed by atoms with Gasteiger partial charge in [0.1, 0.15) is 5.15 Å². The maximum Gasteiger partial charge on any atom is 0.318 e. The molecule has 3 amide bonds. The molecular weight excluding hydrogens is 380 g/mol. The molecule has 0 spiro atoms. The van der Waals surface area contributed by atoms with Gasteiger partial charge in [-0.05, 0) is 7.05 Å². The number of anilines is 1. The first kappa shape index (κ1) is 18.4. The molecule has 0 atom stereocenters. The number of thiazole rings is 1. The predicted octanol–water partition coefficient (Wildman–Crippen LogP) is 0.812. The minimum absolute atomic E-state index is 0.0568. The van der Waals surface area contributed by atoms with Crippen LogP contribution in [0.4, 0.5) is 5.82 Å². The Balaban J connectivity index is 1.68. The lowest BCUT2D eigenvalue weighted by Gasteiger charge is -2.20. The highest BCUT2D eigenvalue weighted by Crippen LogP contribution is 2.25. The number of nitrogens with one attached hydrogen (secondary N) is 1. The Morgan fingerprint density at radius 2 is 2.08 bits per heavy atom. The molecule has 136 valence electrons. The summed E-state index contributed by atoms with van der Waals surface area (Å²) >= 11 is 6.85. The van der Waals surface area contributed by atoms with Crippen molar-refractivity contribution in [2.75, 3.05) is 26.0 Å². The molecule has 1 aliphatic heterocycles. The van der Waals surface area contributed by atoms with Gasteiger partial charge in [0.05, 0.1) is 18.1 Å². The van der Waals surface area contributed by atoms with Crippen LogP contribution in [0.3, 0.4) is 0 Å². The van der Waals surface area contributed by atoms with Crippen LogP contribution in [0.5, 0.6) is 0 Å². The SMILES string of the molecule is CN1CCc2nc(C(=O)N(C)C(=O)C(=O)Nc3cnc(Cl)cn3)sc2C1. The molecule has 3 rings (SSSR count). The van der Waals surface area contributed by atoms with Crippen LogP contribution in [-0.2, 0) is 22.6 Å². The molecule has 0 fully saturated rings. The number of hydrogen-bond acceptors (Lipinski definition) is 8. The number of carbonyl (C=O) groups is 3. The third-order valence-electron chi connectivity index (χ3n) is 3.77. The van der Waals surface area contributed by atoms with Crippen LogP contribution in [-0.4, -0.2) is 63.1 Å². The Hall–Kier alpha value is -2.43. The third kappa shape index (κ3) is 3.87. The molecule has 0 radical (unpaired) electrons. The number of hydrogen-bond donors (Lipinski definition) is 1. The van der Waals surface area contributed by atoms with Crippen molar-refractivity contribution >= 4 is 46.5 Å². The topological polar surface area (TPSA) is 108 Å². The first-order valence-electron chi connectivity index (χ1n) is 7.63. The normalized spacial score (nSPS) is 13.8. The van der Waals surface area contributed by atoms with Crippen molar-refractivity contribution in [3.63, 3.8) is 0 Å². The molecule has 2 aromatic rings. The fraction of sp³-hybridized carbons (Fsp3) is 0.333. The van der Waals surface area contributed by atoms with E-state index >= 15 is 0 Å². The number of halogens is 1. The number of aromatic nitrogens is 3. The zero-order chi connectivity index (χ0) is 18.8. The maximum atomic E-state index is 12.5. The lowest BCUT2D eigenvalue weighted by Crippen LogP contribution is -2.41. The van der Waals surface area contributed by atoms with Gasteiger partial charge >= 0.3 is 11.8 Å². The summed E-state index contributed by atoms with van der Waals surface area (Å²) in [7, 11) is 3.23. The van der Waals surface area contributed by atoms with E-state index in [1.807, 2.05) is 7.05 Å². The molecule has 0 aliphatic carbocycles. The Morgan fingerprint density at radius 1 is 1.31 bits per heavy atom. The molecule has 0 unspecified atom stereocenters. The molecule has 9 nitrogen and oxygen atoms in total. The van der Waals surface area contributed by atoms with Crippen LogP contribution in [0.25, 0.3) is 0 Å². The minimum Gasteiger partial charge on any atom is -0.301 e. The van der Waals surface area contributed by atoms with Crippen LogP contribution in [0.2, 0.25) is 5.15 Å². The van der Waals surface area contributed by atoms with Gasteiger partial charge in [0.15, 0.2) is 10.8 Å². The molecule has 3 heterocycles. The van der Waals surface area contributed by atoms with Crippen molar-refractivity contribution in [1.29, 1.82) is 0 Å². The van der Waals surface area contributed by atoms with Crippen molar-refractivity contribution in [2.24, 2.45) is 0 Å². The van der Waals surface area contributed by atoms with E-state index in [1.165, 1.54) is 30.8 Å². The lowest BCUT2D eigenvalue weighted by atomic mass is 10.2. The highest BCUT2D eigenvalue weighted by Gasteiger charge is 2.29. The second-order valence-electron chi connectivity index (χ2n) is 5.72. The van der Waals surface area contributed by atoms with E-state index < -0.39 is 17.7 Å². The minimum atomic E-state index is -1.02. The van der Waals surface area contributed by atoms with Gasteiger partial charge in [-0.25, -0.2) is 15.0 Å². The van der Waals surface area contributed by atoms with Crippen LogP contribution in [0, 0.1) is 0 Å². The number of fused-ring (bicyclic) bond motifs is 1. The van der Waals surface area contributed by atoms with E-state index in [4.69, 9.17) is 11.6 Å². The van der Waals surface area contributed by atoms with Gasteiger partial charge in [0, 0.05) is 31.4 Å². The summed E-state index contributed by atoms with van der Waals surface area (Å²) in [5.41, 5.74) is 0.873. The van der Waals surface area contributed by atoms with E-state index in [2.05, 4.69) is 25.2 Å².